The van der Waals surface area contributed by atoms with Crippen LogP contribution in [-0.2, 0) is 16.1 Å². The summed E-state index contributed by atoms with van der Waals surface area (Å²) in [6, 6.07) is 7.59. The van der Waals surface area contributed by atoms with Crippen LogP contribution in [0.2, 0.25) is 0 Å². The van der Waals surface area contributed by atoms with Crippen LogP contribution in [0, 0.1) is 0 Å². The maximum absolute atomic E-state index is 11.8. The van der Waals surface area contributed by atoms with E-state index in [0.29, 0.717) is 19.0 Å². The van der Waals surface area contributed by atoms with Crippen LogP contribution < -0.4 is 5.32 Å². The molecular weight excluding hydrogens is 362 g/mol. The zero-order chi connectivity index (χ0) is 16.7. The van der Waals surface area contributed by atoms with Crippen molar-refractivity contribution in [2.45, 2.75) is 32.9 Å². The number of hydrogen-bond acceptors (Lipinski definition) is 5. The average molecular weight is 382 g/mol. The van der Waals surface area contributed by atoms with Crippen molar-refractivity contribution in [2.75, 3.05) is 13.2 Å². The van der Waals surface area contributed by atoms with Gasteiger partial charge in [0.05, 0.1) is 6.10 Å². The molecule has 1 aromatic heterocycles. The van der Waals surface area contributed by atoms with Gasteiger partial charge in [-0.05, 0) is 49.7 Å². The summed E-state index contributed by atoms with van der Waals surface area (Å²) in [6.45, 7) is 5.22. The predicted molar refractivity (Wildman–Crippen MR) is 89.7 cm³/mol. The third-order valence-electron chi connectivity index (χ3n) is 2.93. The molecule has 7 nitrogen and oxygen atoms in total. The Morgan fingerprint density at radius 1 is 1.35 bits per heavy atom. The summed E-state index contributed by atoms with van der Waals surface area (Å²) < 4.78 is 6.39. The summed E-state index contributed by atoms with van der Waals surface area (Å²) in [6.07, 6.45) is 0.987. The largest absolute Gasteiger partial charge is 0.379 e. The molecule has 2 rings (SSSR count). The van der Waals surface area contributed by atoms with Gasteiger partial charge in [0.2, 0.25) is 11.7 Å². The highest BCUT2D eigenvalue weighted by Gasteiger charge is 2.09. The maximum atomic E-state index is 11.8. The SMILES string of the molecule is CC(C)OCCCNC(=O)Cn1nnc(-c2ccc(Br)cc2)n1. The third kappa shape index (κ3) is 6.07. The van der Waals surface area contributed by atoms with E-state index in [0.717, 1.165) is 16.5 Å². The van der Waals surface area contributed by atoms with Gasteiger partial charge in [-0.3, -0.25) is 4.79 Å². The normalized spacial score (nSPS) is 11.0. The Bertz CT molecular complexity index is 627. The number of halogens is 1. The fraction of sp³-hybridized carbons (Fsp3) is 0.467. The van der Waals surface area contributed by atoms with E-state index in [1.165, 1.54) is 4.80 Å². The van der Waals surface area contributed by atoms with Crippen molar-refractivity contribution in [2.24, 2.45) is 0 Å². The Balaban J connectivity index is 1.77. The molecule has 2 aromatic rings. The molecule has 0 aliphatic heterocycles. The molecule has 23 heavy (non-hydrogen) atoms. The highest BCUT2D eigenvalue weighted by Crippen LogP contribution is 2.17. The average Bonchev–Trinajstić information content (AvgIpc) is 2.95. The number of amides is 1. The van der Waals surface area contributed by atoms with Gasteiger partial charge in [0, 0.05) is 23.2 Å². The van der Waals surface area contributed by atoms with Gasteiger partial charge in [-0.25, -0.2) is 0 Å². The van der Waals surface area contributed by atoms with E-state index in [-0.39, 0.29) is 18.6 Å². The molecule has 0 aliphatic rings. The van der Waals surface area contributed by atoms with Gasteiger partial charge in [0.1, 0.15) is 6.54 Å². The van der Waals surface area contributed by atoms with Crippen molar-refractivity contribution in [3.8, 4) is 11.4 Å². The summed E-state index contributed by atoms with van der Waals surface area (Å²) in [7, 11) is 0. The Labute approximate surface area is 143 Å². The molecule has 0 spiro atoms. The first-order chi connectivity index (χ1) is 11.0. The van der Waals surface area contributed by atoms with Gasteiger partial charge in [0.25, 0.3) is 0 Å². The fourth-order valence-corrected chi connectivity index (χ4v) is 2.09. The van der Waals surface area contributed by atoms with E-state index in [4.69, 9.17) is 4.74 Å². The zero-order valence-electron chi connectivity index (χ0n) is 13.2. The van der Waals surface area contributed by atoms with Crippen LogP contribution >= 0.6 is 15.9 Å². The van der Waals surface area contributed by atoms with E-state index in [1.54, 1.807) is 0 Å². The Hall–Kier alpha value is -1.80. The lowest BCUT2D eigenvalue weighted by molar-refractivity contribution is -0.122. The number of carbonyl (C=O) groups is 1. The predicted octanol–water partition coefficient (Wildman–Crippen LogP) is 2.03. The van der Waals surface area contributed by atoms with Gasteiger partial charge in [0.15, 0.2) is 0 Å². The lowest BCUT2D eigenvalue weighted by Crippen LogP contribution is -2.30. The first-order valence-electron chi connectivity index (χ1n) is 7.46. The molecule has 124 valence electrons. The molecular formula is C15H20BrN5O2. The second-order valence-electron chi connectivity index (χ2n) is 5.27. The standard InChI is InChI=1S/C15H20BrN5O2/c1-11(2)23-9-3-8-17-14(22)10-21-19-15(18-20-21)12-4-6-13(16)7-5-12/h4-7,11H,3,8-10H2,1-2H3,(H,17,22). The topological polar surface area (TPSA) is 81.9 Å². The molecule has 0 bridgehead atoms. The first kappa shape index (κ1) is 17.6. The van der Waals surface area contributed by atoms with Crippen LogP contribution in [-0.4, -0.2) is 45.4 Å². The molecule has 1 heterocycles. The van der Waals surface area contributed by atoms with Crippen LogP contribution in [0.25, 0.3) is 11.4 Å². The number of carbonyl (C=O) groups excluding carboxylic acids is 1. The van der Waals surface area contributed by atoms with Crippen LogP contribution in [0.15, 0.2) is 28.7 Å². The minimum Gasteiger partial charge on any atom is -0.379 e. The van der Waals surface area contributed by atoms with Gasteiger partial charge in [-0.2, -0.15) is 4.80 Å². The Morgan fingerprint density at radius 3 is 2.78 bits per heavy atom. The Kier molecular flexibility index (Phi) is 6.66. The molecule has 0 atom stereocenters. The second-order valence-corrected chi connectivity index (χ2v) is 6.19. The molecule has 0 fully saturated rings. The summed E-state index contributed by atoms with van der Waals surface area (Å²) in [5.41, 5.74) is 0.852. The van der Waals surface area contributed by atoms with Crippen molar-refractivity contribution in [1.29, 1.82) is 0 Å². The quantitative estimate of drug-likeness (QED) is 0.707. The van der Waals surface area contributed by atoms with E-state index >= 15 is 0 Å². The molecule has 1 aromatic carbocycles. The van der Waals surface area contributed by atoms with Gasteiger partial charge < -0.3 is 10.1 Å². The molecule has 0 unspecified atom stereocenters. The minimum absolute atomic E-state index is 0.0502. The number of nitrogens with zero attached hydrogens (tertiary/aromatic N) is 4. The molecule has 0 aliphatic carbocycles. The first-order valence-corrected chi connectivity index (χ1v) is 8.26. The van der Waals surface area contributed by atoms with Crippen LogP contribution in [0.1, 0.15) is 20.3 Å². The minimum atomic E-state index is -0.144. The number of aromatic nitrogens is 4. The fourth-order valence-electron chi connectivity index (χ4n) is 1.83. The van der Waals surface area contributed by atoms with Crippen LogP contribution in [0.3, 0.4) is 0 Å². The van der Waals surface area contributed by atoms with Crippen molar-refractivity contribution >= 4 is 21.8 Å². The molecule has 1 N–H and O–H groups in total. The molecule has 8 heteroatoms. The van der Waals surface area contributed by atoms with Crippen LogP contribution in [0.5, 0.6) is 0 Å². The van der Waals surface area contributed by atoms with E-state index in [1.807, 2.05) is 38.1 Å². The van der Waals surface area contributed by atoms with Gasteiger partial charge >= 0.3 is 0 Å². The van der Waals surface area contributed by atoms with Crippen molar-refractivity contribution in [3.63, 3.8) is 0 Å². The molecule has 0 radical (unpaired) electrons. The smallest absolute Gasteiger partial charge is 0.243 e. The van der Waals surface area contributed by atoms with Crippen molar-refractivity contribution < 1.29 is 9.53 Å². The number of benzene rings is 1. The van der Waals surface area contributed by atoms with Gasteiger partial charge in [-0.15, -0.1) is 10.2 Å². The van der Waals surface area contributed by atoms with E-state index in [9.17, 15) is 4.79 Å². The number of ether oxygens (including phenoxy) is 1. The molecule has 1 amide bonds. The highest BCUT2D eigenvalue weighted by molar-refractivity contribution is 9.10. The number of hydrogen-bond donors (Lipinski definition) is 1. The van der Waals surface area contributed by atoms with Crippen molar-refractivity contribution in [3.05, 3.63) is 28.7 Å². The number of nitrogens with one attached hydrogen (secondary N) is 1. The monoisotopic (exact) mass is 381 g/mol. The summed E-state index contributed by atoms with van der Waals surface area (Å²) in [5.74, 6) is 0.352. The lowest BCUT2D eigenvalue weighted by atomic mass is 10.2. The molecule has 0 saturated heterocycles. The highest BCUT2D eigenvalue weighted by atomic mass is 79.9. The summed E-state index contributed by atoms with van der Waals surface area (Å²) in [4.78, 5) is 13.1. The van der Waals surface area contributed by atoms with Crippen LogP contribution in [0.4, 0.5) is 0 Å². The van der Waals surface area contributed by atoms with Crippen molar-refractivity contribution in [1.82, 2.24) is 25.5 Å². The maximum Gasteiger partial charge on any atom is 0.243 e. The third-order valence-corrected chi connectivity index (χ3v) is 3.46. The Morgan fingerprint density at radius 2 is 2.09 bits per heavy atom. The number of rotatable bonds is 8. The summed E-state index contributed by atoms with van der Waals surface area (Å²) >= 11 is 3.38. The lowest BCUT2D eigenvalue weighted by Gasteiger charge is -2.07. The van der Waals surface area contributed by atoms with E-state index in [2.05, 4.69) is 36.7 Å². The summed E-state index contributed by atoms with van der Waals surface area (Å²) in [5, 5.41) is 14.9. The number of tetrazole rings is 1. The zero-order valence-corrected chi connectivity index (χ0v) is 14.8. The van der Waals surface area contributed by atoms with Gasteiger partial charge in [-0.1, -0.05) is 15.9 Å². The second kappa shape index (κ2) is 8.73. The van der Waals surface area contributed by atoms with E-state index < -0.39 is 0 Å². The molecule has 0 saturated carbocycles.